The van der Waals surface area contributed by atoms with Crippen LogP contribution in [0.25, 0.3) is 0 Å². The molecule has 5 heteroatoms. The number of rotatable bonds is 2. The quantitative estimate of drug-likeness (QED) is 0.861. The van der Waals surface area contributed by atoms with Crippen LogP contribution in [0.1, 0.15) is 31.4 Å². The minimum Gasteiger partial charge on any atom is -0.341 e. The molecule has 1 aromatic carbocycles. The number of amides is 1. The molecule has 1 heterocycles. The fraction of sp³-hybridized carbons (Fsp3) is 0.500. The van der Waals surface area contributed by atoms with Gasteiger partial charge in [-0.15, -0.1) is 0 Å². The number of halogens is 1. The number of aliphatic imine (C=N–C) groups is 1. The van der Waals surface area contributed by atoms with Crippen LogP contribution in [0, 0.1) is 5.92 Å². The Balaban J connectivity index is 1.82. The first-order valence-electron chi connectivity index (χ1n) is 7.40. The van der Waals surface area contributed by atoms with Crippen molar-refractivity contribution in [2.75, 3.05) is 6.54 Å². The SMILES string of the molecule is CC(C)CN=C1NC(=O)C2(CCc3cc(Br)ccc3C2)N1. The maximum absolute atomic E-state index is 12.4. The van der Waals surface area contributed by atoms with Crippen LogP contribution in [0.5, 0.6) is 0 Å². The molecule has 0 aromatic heterocycles. The van der Waals surface area contributed by atoms with Gasteiger partial charge in [-0.2, -0.15) is 0 Å². The van der Waals surface area contributed by atoms with E-state index in [1.165, 1.54) is 11.1 Å². The van der Waals surface area contributed by atoms with E-state index in [1.807, 2.05) is 6.07 Å². The molecule has 1 amide bonds. The van der Waals surface area contributed by atoms with Gasteiger partial charge in [-0.1, -0.05) is 35.8 Å². The molecule has 4 nitrogen and oxygen atoms in total. The Hall–Kier alpha value is -1.36. The summed E-state index contributed by atoms with van der Waals surface area (Å²) in [5.41, 5.74) is 2.06. The standard InChI is InChI=1S/C16H20BrN3O/c1-10(2)9-18-15-19-14(21)16(20-15)6-5-11-7-13(17)4-3-12(11)8-16/h3-4,7,10H,5-6,8-9H2,1-2H3,(H2,18,19,20,21). The highest BCUT2D eigenvalue weighted by Crippen LogP contribution is 2.32. The summed E-state index contributed by atoms with van der Waals surface area (Å²) in [6, 6.07) is 6.31. The van der Waals surface area contributed by atoms with Crippen molar-refractivity contribution in [3.63, 3.8) is 0 Å². The van der Waals surface area contributed by atoms with Gasteiger partial charge in [0.2, 0.25) is 0 Å². The zero-order chi connectivity index (χ0) is 15.0. The molecule has 1 aliphatic carbocycles. The maximum atomic E-state index is 12.4. The molecule has 1 unspecified atom stereocenters. The number of carbonyl (C=O) groups is 1. The van der Waals surface area contributed by atoms with Crippen LogP contribution in [0.15, 0.2) is 27.7 Å². The molecule has 1 spiro atoms. The number of hydrogen-bond donors (Lipinski definition) is 2. The third-order valence-corrected chi connectivity index (χ3v) is 4.61. The Kier molecular flexibility index (Phi) is 3.78. The summed E-state index contributed by atoms with van der Waals surface area (Å²) in [5, 5.41) is 6.25. The van der Waals surface area contributed by atoms with Crippen LogP contribution in [0.4, 0.5) is 0 Å². The van der Waals surface area contributed by atoms with Crippen molar-refractivity contribution < 1.29 is 4.79 Å². The zero-order valence-corrected chi connectivity index (χ0v) is 14.0. The van der Waals surface area contributed by atoms with E-state index in [4.69, 9.17) is 0 Å². The summed E-state index contributed by atoms with van der Waals surface area (Å²) < 4.78 is 1.10. The average Bonchev–Trinajstić information content (AvgIpc) is 2.73. The van der Waals surface area contributed by atoms with Crippen molar-refractivity contribution in [3.05, 3.63) is 33.8 Å². The lowest BCUT2D eigenvalue weighted by Gasteiger charge is -2.32. The third-order valence-electron chi connectivity index (χ3n) is 4.12. The van der Waals surface area contributed by atoms with Crippen LogP contribution >= 0.6 is 15.9 Å². The molecular weight excluding hydrogens is 330 g/mol. The van der Waals surface area contributed by atoms with Crippen molar-refractivity contribution in [2.45, 2.75) is 38.6 Å². The van der Waals surface area contributed by atoms with E-state index in [9.17, 15) is 4.79 Å². The molecule has 0 saturated carbocycles. The first-order valence-corrected chi connectivity index (χ1v) is 8.19. The van der Waals surface area contributed by atoms with Gasteiger partial charge in [0.25, 0.3) is 5.91 Å². The fourth-order valence-electron chi connectivity index (χ4n) is 2.96. The topological polar surface area (TPSA) is 53.5 Å². The molecular formula is C16H20BrN3O. The smallest absolute Gasteiger partial charge is 0.252 e. The van der Waals surface area contributed by atoms with Gasteiger partial charge in [0, 0.05) is 17.4 Å². The van der Waals surface area contributed by atoms with Crippen molar-refractivity contribution >= 4 is 27.8 Å². The lowest BCUT2D eigenvalue weighted by atomic mass is 9.78. The van der Waals surface area contributed by atoms with Crippen molar-refractivity contribution in [3.8, 4) is 0 Å². The summed E-state index contributed by atoms with van der Waals surface area (Å²) in [4.78, 5) is 16.9. The minimum atomic E-state index is -0.517. The Bertz CT molecular complexity index is 612. The van der Waals surface area contributed by atoms with E-state index in [0.29, 0.717) is 11.9 Å². The van der Waals surface area contributed by atoms with Crippen LogP contribution in [0.3, 0.4) is 0 Å². The summed E-state index contributed by atoms with van der Waals surface area (Å²) in [6.45, 7) is 4.96. The summed E-state index contributed by atoms with van der Waals surface area (Å²) in [7, 11) is 0. The Morgan fingerprint density at radius 3 is 2.95 bits per heavy atom. The van der Waals surface area contributed by atoms with Crippen molar-refractivity contribution in [1.29, 1.82) is 0 Å². The maximum Gasteiger partial charge on any atom is 0.252 e. The second kappa shape index (κ2) is 5.44. The molecule has 112 valence electrons. The van der Waals surface area contributed by atoms with E-state index in [-0.39, 0.29) is 5.91 Å². The molecule has 1 aliphatic heterocycles. The van der Waals surface area contributed by atoms with Gasteiger partial charge in [-0.05, 0) is 42.0 Å². The van der Waals surface area contributed by atoms with Gasteiger partial charge in [0.15, 0.2) is 5.96 Å². The average molecular weight is 350 g/mol. The molecule has 1 atom stereocenters. The Morgan fingerprint density at radius 1 is 1.38 bits per heavy atom. The van der Waals surface area contributed by atoms with E-state index in [2.05, 4.69) is 57.5 Å². The number of hydrogen-bond acceptors (Lipinski definition) is 2. The molecule has 1 saturated heterocycles. The zero-order valence-electron chi connectivity index (χ0n) is 12.4. The van der Waals surface area contributed by atoms with Crippen LogP contribution < -0.4 is 10.6 Å². The van der Waals surface area contributed by atoms with Crippen LogP contribution in [-0.4, -0.2) is 24.0 Å². The lowest BCUT2D eigenvalue weighted by Crippen LogP contribution is -2.51. The minimum absolute atomic E-state index is 0.0542. The van der Waals surface area contributed by atoms with Crippen molar-refractivity contribution in [2.24, 2.45) is 10.9 Å². The number of nitrogens with zero attached hydrogens (tertiary/aromatic N) is 1. The fourth-order valence-corrected chi connectivity index (χ4v) is 3.36. The van der Waals surface area contributed by atoms with Crippen LogP contribution in [-0.2, 0) is 17.6 Å². The molecule has 1 aromatic rings. The number of guanidine groups is 1. The number of fused-ring (bicyclic) bond motifs is 1. The lowest BCUT2D eigenvalue weighted by molar-refractivity contribution is -0.124. The predicted octanol–water partition coefficient (Wildman–Crippen LogP) is 2.41. The summed E-state index contributed by atoms with van der Waals surface area (Å²) in [5.74, 6) is 1.17. The van der Waals surface area contributed by atoms with E-state index < -0.39 is 5.54 Å². The van der Waals surface area contributed by atoms with Crippen molar-refractivity contribution in [1.82, 2.24) is 10.6 Å². The van der Waals surface area contributed by atoms with Crippen LogP contribution in [0.2, 0.25) is 0 Å². The predicted molar refractivity (Wildman–Crippen MR) is 87.3 cm³/mol. The highest BCUT2D eigenvalue weighted by Gasteiger charge is 2.46. The molecule has 1 fully saturated rings. The van der Waals surface area contributed by atoms with E-state index in [0.717, 1.165) is 30.3 Å². The first-order chi connectivity index (χ1) is 9.98. The number of benzene rings is 1. The monoisotopic (exact) mass is 349 g/mol. The number of nitrogens with one attached hydrogen (secondary N) is 2. The summed E-state index contributed by atoms with van der Waals surface area (Å²) >= 11 is 3.51. The third kappa shape index (κ3) is 2.84. The van der Waals surface area contributed by atoms with Gasteiger partial charge >= 0.3 is 0 Å². The van der Waals surface area contributed by atoms with E-state index in [1.54, 1.807) is 0 Å². The van der Waals surface area contributed by atoms with Gasteiger partial charge in [0.05, 0.1) is 0 Å². The normalized spacial score (nSPS) is 26.1. The number of carbonyl (C=O) groups excluding carboxylic acids is 1. The Morgan fingerprint density at radius 2 is 2.19 bits per heavy atom. The molecule has 0 radical (unpaired) electrons. The number of aryl methyl sites for hydroxylation is 1. The molecule has 0 bridgehead atoms. The highest BCUT2D eigenvalue weighted by molar-refractivity contribution is 9.10. The van der Waals surface area contributed by atoms with Gasteiger partial charge in [-0.3, -0.25) is 15.1 Å². The largest absolute Gasteiger partial charge is 0.341 e. The molecule has 2 aliphatic rings. The second-order valence-corrected chi connectivity index (χ2v) is 7.25. The van der Waals surface area contributed by atoms with E-state index >= 15 is 0 Å². The molecule has 3 rings (SSSR count). The highest BCUT2D eigenvalue weighted by atomic mass is 79.9. The first kappa shape index (κ1) is 14.6. The second-order valence-electron chi connectivity index (χ2n) is 6.33. The van der Waals surface area contributed by atoms with Gasteiger partial charge < -0.3 is 5.32 Å². The molecule has 2 N–H and O–H groups in total. The Labute approximate surface area is 133 Å². The van der Waals surface area contributed by atoms with Gasteiger partial charge in [-0.25, -0.2) is 0 Å². The van der Waals surface area contributed by atoms with Gasteiger partial charge in [0.1, 0.15) is 5.54 Å². The summed E-state index contributed by atoms with van der Waals surface area (Å²) in [6.07, 6.45) is 2.44. The molecule has 21 heavy (non-hydrogen) atoms.